The number of amidine groups is 1. The third-order valence-corrected chi connectivity index (χ3v) is 1.93. The van der Waals surface area contributed by atoms with Crippen LogP contribution in [-0.2, 0) is 4.74 Å². The first-order valence-electron chi connectivity index (χ1n) is 5.06. The fraction of sp³-hybridized carbons (Fsp3) is 0.800. The van der Waals surface area contributed by atoms with Crippen LogP contribution in [0.15, 0.2) is 0 Å². The molecule has 0 saturated heterocycles. The lowest BCUT2D eigenvalue weighted by Crippen LogP contribution is -2.36. The summed E-state index contributed by atoms with van der Waals surface area (Å²) in [6.07, 6.45) is -0.364. The molecule has 0 saturated carbocycles. The molecule has 0 spiro atoms. The lowest BCUT2D eigenvalue weighted by atomic mass is 10.1. The number of nitrogens with zero attached hydrogens (tertiary/aromatic N) is 1. The van der Waals surface area contributed by atoms with E-state index in [1.165, 1.54) is 4.90 Å². The van der Waals surface area contributed by atoms with Crippen LogP contribution in [0.1, 0.15) is 20.8 Å². The van der Waals surface area contributed by atoms with Gasteiger partial charge in [0, 0.05) is 19.5 Å². The first kappa shape index (κ1) is 13.7. The summed E-state index contributed by atoms with van der Waals surface area (Å²) in [5.41, 5.74) is 5.31. The molecule has 5 nitrogen and oxygen atoms in total. The summed E-state index contributed by atoms with van der Waals surface area (Å²) in [5.74, 6) is 0.271. The maximum absolute atomic E-state index is 11.4. The molecule has 0 aliphatic heterocycles. The third-order valence-electron chi connectivity index (χ3n) is 1.93. The van der Waals surface area contributed by atoms with E-state index in [0.717, 1.165) is 0 Å². The molecule has 15 heavy (non-hydrogen) atoms. The van der Waals surface area contributed by atoms with Gasteiger partial charge in [0.25, 0.3) is 0 Å². The highest BCUT2D eigenvalue weighted by Gasteiger charge is 2.15. The van der Waals surface area contributed by atoms with Crippen molar-refractivity contribution in [1.29, 1.82) is 5.41 Å². The smallest absolute Gasteiger partial charge is 0.409 e. The Morgan fingerprint density at radius 1 is 1.47 bits per heavy atom. The van der Waals surface area contributed by atoms with Crippen molar-refractivity contribution in [2.75, 3.05) is 20.2 Å². The van der Waals surface area contributed by atoms with Crippen molar-refractivity contribution in [3.05, 3.63) is 0 Å². The highest BCUT2D eigenvalue weighted by Crippen LogP contribution is 2.01. The summed E-state index contributed by atoms with van der Waals surface area (Å²) in [6, 6.07) is 0. The zero-order valence-electron chi connectivity index (χ0n) is 9.91. The molecular weight excluding hydrogens is 194 g/mol. The normalized spacial score (nSPS) is 12.3. The zero-order valence-corrected chi connectivity index (χ0v) is 9.91. The SMILES string of the molecule is CC(C)COC(=O)N(C)CC(C)C(=N)N. The second-order valence-corrected chi connectivity index (χ2v) is 4.21. The summed E-state index contributed by atoms with van der Waals surface area (Å²) in [6.45, 7) is 6.58. The quantitative estimate of drug-likeness (QED) is 0.535. The highest BCUT2D eigenvalue weighted by molar-refractivity contribution is 5.80. The monoisotopic (exact) mass is 215 g/mol. The Morgan fingerprint density at radius 2 is 2.00 bits per heavy atom. The van der Waals surface area contributed by atoms with Crippen molar-refractivity contribution in [3.63, 3.8) is 0 Å². The second kappa shape index (κ2) is 6.27. The number of rotatable bonds is 5. The lowest BCUT2D eigenvalue weighted by Gasteiger charge is -2.20. The molecule has 0 fully saturated rings. The van der Waals surface area contributed by atoms with Gasteiger partial charge in [0.05, 0.1) is 12.4 Å². The van der Waals surface area contributed by atoms with E-state index in [2.05, 4.69) is 0 Å². The van der Waals surface area contributed by atoms with Crippen LogP contribution in [-0.4, -0.2) is 37.0 Å². The fourth-order valence-electron chi connectivity index (χ4n) is 0.932. The molecule has 5 heteroatoms. The Bertz CT molecular complexity index is 229. The molecule has 0 aliphatic carbocycles. The first-order valence-corrected chi connectivity index (χ1v) is 5.06. The van der Waals surface area contributed by atoms with Gasteiger partial charge in [-0.25, -0.2) is 4.79 Å². The minimum atomic E-state index is -0.364. The van der Waals surface area contributed by atoms with Crippen LogP contribution in [0, 0.1) is 17.2 Å². The molecule has 0 aromatic rings. The van der Waals surface area contributed by atoms with E-state index in [-0.39, 0.29) is 17.8 Å². The fourth-order valence-corrected chi connectivity index (χ4v) is 0.932. The number of carbonyl (C=O) groups excluding carboxylic acids is 1. The Hall–Kier alpha value is -1.26. The van der Waals surface area contributed by atoms with Gasteiger partial charge < -0.3 is 15.4 Å². The van der Waals surface area contributed by atoms with Gasteiger partial charge in [-0.3, -0.25) is 5.41 Å². The maximum atomic E-state index is 11.4. The topological polar surface area (TPSA) is 79.4 Å². The predicted molar refractivity (Wildman–Crippen MR) is 59.9 cm³/mol. The van der Waals surface area contributed by atoms with Gasteiger partial charge in [-0.15, -0.1) is 0 Å². The number of nitrogens with two attached hydrogens (primary N) is 1. The summed E-state index contributed by atoms with van der Waals surface area (Å²) in [5, 5.41) is 7.20. The van der Waals surface area contributed by atoms with Gasteiger partial charge in [-0.05, 0) is 5.92 Å². The summed E-state index contributed by atoms with van der Waals surface area (Å²) in [7, 11) is 1.64. The van der Waals surface area contributed by atoms with E-state index >= 15 is 0 Å². The number of nitrogens with one attached hydrogen (secondary N) is 1. The van der Waals surface area contributed by atoms with Crippen molar-refractivity contribution < 1.29 is 9.53 Å². The molecule has 0 heterocycles. The summed E-state index contributed by atoms with van der Waals surface area (Å²) < 4.78 is 5.02. The van der Waals surface area contributed by atoms with Crippen LogP contribution in [0.25, 0.3) is 0 Å². The van der Waals surface area contributed by atoms with Crippen LogP contribution in [0.4, 0.5) is 4.79 Å². The second-order valence-electron chi connectivity index (χ2n) is 4.21. The van der Waals surface area contributed by atoms with Gasteiger partial charge in [0.15, 0.2) is 0 Å². The summed E-state index contributed by atoms with van der Waals surface area (Å²) >= 11 is 0. The van der Waals surface area contributed by atoms with Gasteiger partial charge in [0.2, 0.25) is 0 Å². The first-order chi connectivity index (χ1) is 6.84. The van der Waals surface area contributed by atoms with Crippen LogP contribution >= 0.6 is 0 Å². The maximum Gasteiger partial charge on any atom is 0.409 e. The Kier molecular flexibility index (Phi) is 5.74. The number of carbonyl (C=O) groups is 1. The number of amides is 1. The molecule has 1 atom stereocenters. The van der Waals surface area contributed by atoms with E-state index in [1.54, 1.807) is 14.0 Å². The molecule has 0 aromatic carbocycles. The van der Waals surface area contributed by atoms with Crippen molar-refractivity contribution in [3.8, 4) is 0 Å². The molecule has 0 radical (unpaired) electrons. The lowest BCUT2D eigenvalue weighted by molar-refractivity contribution is 0.0982. The molecule has 3 N–H and O–H groups in total. The summed E-state index contributed by atoms with van der Waals surface area (Å²) in [4.78, 5) is 12.8. The van der Waals surface area contributed by atoms with Crippen molar-refractivity contribution in [2.24, 2.45) is 17.6 Å². The van der Waals surface area contributed by atoms with Gasteiger partial charge >= 0.3 is 6.09 Å². The van der Waals surface area contributed by atoms with E-state index in [4.69, 9.17) is 15.9 Å². The largest absolute Gasteiger partial charge is 0.449 e. The predicted octanol–water partition coefficient (Wildman–Crippen LogP) is 1.28. The molecule has 0 aliphatic rings. The van der Waals surface area contributed by atoms with Crippen molar-refractivity contribution >= 4 is 11.9 Å². The van der Waals surface area contributed by atoms with Gasteiger partial charge in [0.1, 0.15) is 0 Å². The van der Waals surface area contributed by atoms with E-state index in [9.17, 15) is 4.79 Å². The molecule has 0 bridgehead atoms. The average Bonchev–Trinajstić information content (AvgIpc) is 2.13. The Morgan fingerprint density at radius 3 is 2.40 bits per heavy atom. The average molecular weight is 215 g/mol. The molecule has 88 valence electrons. The van der Waals surface area contributed by atoms with E-state index in [0.29, 0.717) is 19.1 Å². The molecule has 0 aromatic heterocycles. The Balaban J connectivity index is 3.93. The molecule has 0 rings (SSSR count). The minimum absolute atomic E-state index is 0.0820. The molecular formula is C10H21N3O2. The van der Waals surface area contributed by atoms with Crippen molar-refractivity contribution in [1.82, 2.24) is 4.90 Å². The van der Waals surface area contributed by atoms with Gasteiger partial charge in [-0.1, -0.05) is 20.8 Å². The van der Waals surface area contributed by atoms with Gasteiger partial charge in [-0.2, -0.15) is 0 Å². The Labute approximate surface area is 91.1 Å². The number of hydrogen-bond acceptors (Lipinski definition) is 3. The number of ether oxygens (including phenoxy) is 1. The van der Waals surface area contributed by atoms with Crippen LogP contribution < -0.4 is 5.73 Å². The highest BCUT2D eigenvalue weighted by atomic mass is 16.6. The van der Waals surface area contributed by atoms with E-state index in [1.807, 2.05) is 13.8 Å². The van der Waals surface area contributed by atoms with Crippen molar-refractivity contribution in [2.45, 2.75) is 20.8 Å². The zero-order chi connectivity index (χ0) is 12.0. The van der Waals surface area contributed by atoms with Crippen LogP contribution in [0.3, 0.4) is 0 Å². The molecule has 1 amide bonds. The van der Waals surface area contributed by atoms with Crippen LogP contribution in [0.2, 0.25) is 0 Å². The van der Waals surface area contributed by atoms with Crippen LogP contribution in [0.5, 0.6) is 0 Å². The molecule has 1 unspecified atom stereocenters. The third kappa shape index (κ3) is 5.93. The van der Waals surface area contributed by atoms with E-state index < -0.39 is 0 Å². The standard InChI is InChI=1S/C10H21N3O2/c1-7(2)6-15-10(14)13(4)5-8(3)9(11)12/h7-8H,5-6H2,1-4H3,(H3,11,12). The number of hydrogen-bond donors (Lipinski definition) is 2. The minimum Gasteiger partial charge on any atom is -0.449 e.